The molecule has 2 rings (SSSR count). The van der Waals surface area contributed by atoms with Crippen LogP contribution in [-0.4, -0.2) is 10.1 Å². The number of thiazole rings is 1. The number of aliphatic hydroxyl groups is 1. The molecule has 4 heteroatoms. The second kappa shape index (κ2) is 5.50. The molecular weight excluding hydrogens is 246 g/mol. The molecule has 0 saturated heterocycles. The normalized spacial score (nSPS) is 10.7. The van der Waals surface area contributed by atoms with Crippen LogP contribution in [0.2, 0.25) is 0 Å². The lowest BCUT2D eigenvalue weighted by molar-refractivity contribution is 0.284. The van der Waals surface area contributed by atoms with E-state index in [2.05, 4.69) is 24.9 Å². The van der Waals surface area contributed by atoms with Crippen molar-refractivity contribution >= 4 is 11.3 Å². The molecule has 1 N–H and O–H groups in total. The van der Waals surface area contributed by atoms with Crippen molar-refractivity contribution in [2.24, 2.45) is 0 Å². The van der Waals surface area contributed by atoms with Gasteiger partial charge in [0.25, 0.3) is 0 Å². The van der Waals surface area contributed by atoms with E-state index in [0.29, 0.717) is 6.61 Å². The van der Waals surface area contributed by atoms with E-state index in [0.717, 1.165) is 21.3 Å². The third kappa shape index (κ3) is 3.09. The van der Waals surface area contributed by atoms with Gasteiger partial charge in [-0.05, 0) is 44.0 Å². The Morgan fingerprint density at radius 1 is 1.17 bits per heavy atom. The molecule has 0 aliphatic heterocycles. The molecule has 96 valence electrons. The number of hydrogen-bond acceptors (Lipinski definition) is 4. The van der Waals surface area contributed by atoms with E-state index < -0.39 is 0 Å². The van der Waals surface area contributed by atoms with Gasteiger partial charge in [0.1, 0.15) is 17.4 Å². The summed E-state index contributed by atoms with van der Waals surface area (Å²) in [6.45, 7) is 6.51. The third-order valence-electron chi connectivity index (χ3n) is 2.64. The quantitative estimate of drug-likeness (QED) is 0.921. The van der Waals surface area contributed by atoms with Crippen LogP contribution in [-0.2, 0) is 13.2 Å². The molecule has 3 nitrogen and oxygen atoms in total. The number of benzene rings is 1. The van der Waals surface area contributed by atoms with E-state index in [9.17, 15) is 0 Å². The number of aliphatic hydroxyl groups excluding tert-OH is 1. The molecule has 18 heavy (non-hydrogen) atoms. The third-order valence-corrected chi connectivity index (χ3v) is 3.75. The Labute approximate surface area is 111 Å². The summed E-state index contributed by atoms with van der Waals surface area (Å²) < 4.78 is 5.73. The standard InChI is InChI=1S/C14H17NO2S/c1-9-4-10(2)6-12(5-9)17-8-14-15-11(3)13(7-16)18-14/h4-6,16H,7-8H2,1-3H3. The molecule has 2 aromatic rings. The Morgan fingerprint density at radius 2 is 1.83 bits per heavy atom. The highest BCUT2D eigenvalue weighted by atomic mass is 32.1. The van der Waals surface area contributed by atoms with Gasteiger partial charge in [0.2, 0.25) is 0 Å². The molecule has 1 aromatic carbocycles. The van der Waals surface area contributed by atoms with Gasteiger partial charge in [-0.1, -0.05) is 6.07 Å². The van der Waals surface area contributed by atoms with Gasteiger partial charge in [0.05, 0.1) is 17.2 Å². The Morgan fingerprint density at radius 3 is 2.39 bits per heavy atom. The summed E-state index contributed by atoms with van der Waals surface area (Å²) in [5.74, 6) is 0.867. The van der Waals surface area contributed by atoms with E-state index in [1.165, 1.54) is 22.5 Å². The molecule has 0 fully saturated rings. The number of rotatable bonds is 4. The maximum atomic E-state index is 9.12. The van der Waals surface area contributed by atoms with Crippen LogP contribution in [0, 0.1) is 20.8 Å². The van der Waals surface area contributed by atoms with Crippen LogP contribution < -0.4 is 4.74 Å². The van der Waals surface area contributed by atoms with Crippen LogP contribution in [0.1, 0.15) is 26.7 Å². The molecule has 0 radical (unpaired) electrons. The largest absolute Gasteiger partial charge is 0.486 e. The minimum atomic E-state index is 0.0487. The van der Waals surface area contributed by atoms with Gasteiger partial charge in [-0.25, -0.2) is 4.98 Å². The van der Waals surface area contributed by atoms with E-state index >= 15 is 0 Å². The van der Waals surface area contributed by atoms with E-state index in [-0.39, 0.29) is 6.61 Å². The Hall–Kier alpha value is -1.39. The molecular formula is C14H17NO2S. The number of hydrogen-bond donors (Lipinski definition) is 1. The lowest BCUT2D eigenvalue weighted by Gasteiger charge is -2.06. The van der Waals surface area contributed by atoms with Crippen molar-refractivity contribution in [3.05, 3.63) is 44.9 Å². The molecule has 0 aliphatic carbocycles. The summed E-state index contributed by atoms with van der Waals surface area (Å²) in [4.78, 5) is 5.29. The highest BCUT2D eigenvalue weighted by Crippen LogP contribution is 2.21. The summed E-state index contributed by atoms with van der Waals surface area (Å²) in [7, 11) is 0. The number of ether oxygens (including phenoxy) is 1. The Kier molecular flexibility index (Phi) is 3.99. The lowest BCUT2D eigenvalue weighted by atomic mass is 10.1. The topological polar surface area (TPSA) is 42.4 Å². The number of nitrogens with zero attached hydrogens (tertiary/aromatic N) is 1. The smallest absolute Gasteiger partial charge is 0.140 e. The molecule has 0 saturated carbocycles. The fraction of sp³-hybridized carbons (Fsp3) is 0.357. The van der Waals surface area contributed by atoms with E-state index in [1.807, 2.05) is 19.1 Å². The van der Waals surface area contributed by atoms with Crippen molar-refractivity contribution < 1.29 is 9.84 Å². The van der Waals surface area contributed by atoms with Crippen LogP contribution in [0.4, 0.5) is 0 Å². The number of aromatic nitrogens is 1. The summed E-state index contributed by atoms with van der Waals surface area (Å²) in [5.41, 5.74) is 3.27. The van der Waals surface area contributed by atoms with Gasteiger partial charge in [-0.15, -0.1) is 11.3 Å². The first-order valence-corrected chi connectivity index (χ1v) is 6.67. The van der Waals surface area contributed by atoms with Gasteiger partial charge in [-0.3, -0.25) is 0 Å². The minimum absolute atomic E-state index is 0.0487. The van der Waals surface area contributed by atoms with Crippen LogP contribution in [0.25, 0.3) is 0 Å². The first kappa shape index (κ1) is 13.1. The predicted octanol–water partition coefficient (Wildman–Crippen LogP) is 3.14. The molecule has 0 atom stereocenters. The first-order chi connectivity index (χ1) is 8.58. The Bertz CT molecular complexity index is 528. The van der Waals surface area contributed by atoms with Crippen LogP contribution in [0.5, 0.6) is 5.75 Å². The summed E-state index contributed by atoms with van der Waals surface area (Å²) in [6.07, 6.45) is 0. The van der Waals surface area contributed by atoms with Gasteiger partial charge in [0, 0.05) is 0 Å². The van der Waals surface area contributed by atoms with E-state index in [4.69, 9.17) is 9.84 Å². The van der Waals surface area contributed by atoms with Crippen LogP contribution in [0.15, 0.2) is 18.2 Å². The lowest BCUT2D eigenvalue weighted by Crippen LogP contribution is -1.95. The van der Waals surface area contributed by atoms with Crippen molar-refractivity contribution in [3.8, 4) is 5.75 Å². The van der Waals surface area contributed by atoms with Crippen molar-refractivity contribution in [2.45, 2.75) is 34.0 Å². The summed E-state index contributed by atoms with van der Waals surface area (Å²) >= 11 is 1.50. The zero-order chi connectivity index (χ0) is 13.1. The molecule has 1 heterocycles. The van der Waals surface area contributed by atoms with E-state index in [1.54, 1.807) is 0 Å². The van der Waals surface area contributed by atoms with Gasteiger partial charge < -0.3 is 9.84 Å². The van der Waals surface area contributed by atoms with Crippen molar-refractivity contribution in [3.63, 3.8) is 0 Å². The fourth-order valence-electron chi connectivity index (χ4n) is 1.86. The molecule has 0 amide bonds. The van der Waals surface area contributed by atoms with Crippen molar-refractivity contribution in [1.29, 1.82) is 0 Å². The van der Waals surface area contributed by atoms with Crippen molar-refractivity contribution in [1.82, 2.24) is 4.98 Å². The molecule has 1 aromatic heterocycles. The average molecular weight is 263 g/mol. The van der Waals surface area contributed by atoms with Crippen LogP contribution in [0.3, 0.4) is 0 Å². The zero-order valence-electron chi connectivity index (χ0n) is 10.9. The molecule has 0 spiro atoms. The monoisotopic (exact) mass is 263 g/mol. The fourth-order valence-corrected chi connectivity index (χ4v) is 2.70. The molecule has 0 aliphatic rings. The van der Waals surface area contributed by atoms with Gasteiger partial charge in [0.15, 0.2) is 0 Å². The Balaban J connectivity index is 2.06. The maximum absolute atomic E-state index is 9.12. The first-order valence-electron chi connectivity index (χ1n) is 5.85. The highest BCUT2D eigenvalue weighted by Gasteiger charge is 2.07. The second-order valence-electron chi connectivity index (χ2n) is 4.39. The SMILES string of the molecule is Cc1cc(C)cc(OCc2nc(C)c(CO)s2)c1. The minimum Gasteiger partial charge on any atom is -0.486 e. The predicted molar refractivity (Wildman–Crippen MR) is 73.0 cm³/mol. The molecule has 0 unspecified atom stereocenters. The highest BCUT2D eigenvalue weighted by molar-refractivity contribution is 7.11. The molecule has 0 bridgehead atoms. The number of aryl methyl sites for hydroxylation is 3. The summed E-state index contributed by atoms with van der Waals surface area (Å²) in [6, 6.07) is 6.14. The second-order valence-corrected chi connectivity index (χ2v) is 5.55. The van der Waals surface area contributed by atoms with Gasteiger partial charge >= 0.3 is 0 Å². The zero-order valence-corrected chi connectivity index (χ0v) is 11.7. The van der Waals surface area contributed by atoms with Crippen molar-refractivity contribution in [2.75, 3.05) is 0 Å². The maximum Gasteiger partial charge on any atom is 0.140 e. The average Bonchev–Trinajstić information content (AvgIpc) is 2.66. The van der Waals surface area contributed by atoms with Gasteiger partial charge in [-0.2, -0.15) is 0 Å². The van der Waals surface area contributed by atoms with Crippen LogP contribution >= 0.6 is 11.3 Å². The summed E-state index contributed by atoms with van der Waals surface area (Å²) in [5, 5.41) is 10.0.